The minimum Gasteiger partial charge on any atom is -0.348 e. The van der Waals surface area contributed by atoms with E-state index in [0.717, 1.165) is 30.1 Å². The summed E-state index contributed by atoms with van der Waals surface area (Å²) in [5.74, 6) is 0.872. The van der Waals surface area contributed by atoms with Gasteiger partial charge in [0.2, 0.25) is 0 Å². The number of benzene rings is 1. The van der Waals surface area contributed by atoms with E-state index in [1.165, 1.54) is 5.56 Å². The predicted octanol–water partition coefficient (Wildman–Crippen LogP) is 4.40. The highest BCUT2D eigenvalue weighted by atomic mass is 35.5. The normalized spacial score (nSPS) is 23.9. The highest BCUT2D eigenvalue weighted by Gasteiger charge is 2.42. The van der Waals surface area contributed by atoms with E-state index in [9.17, 15) is 0 Å². The lowest BCUT2D eigenvalue weighted by atomic mass is 10.0. The first-order chi connectivity index (χ1) is 11.5. The van der Waals surface area contributed by atoms with E-state index in [4.69, 9.17) is 21.1 Å². The average molecular weight is 349 g/mol. The molecule has 5 heteroatoms. The Morgan fingerprint density at radius 3 is 3.00 bits per heavy atom. The molecule has 2 aromatic rings. The van der Waals surface area contributed by atoms with E-state index in [2.05, 4.69) is 29.9 Å². The van der Waals surface area contributed by atoms with E-state index >= 15 is 0 Å². The molecule has 0 amide bonds. The molecular weight excluding hydrogens is 324 g/mol. The molecule has 0 radical (unpaired) electrons. The van der Waals surface area contributed by atoms with Crippen molar-refractivity contribution in [2.24, 2.45) is 5.92 Å². The second-order valence-corrected chi connectivity index (χ2v) is 7.37. The summed E-state index contributed by atoms with van der Waals surface area (Å²) < 4.78 is 12.5. The van der Waals surface area contributed by atoms with Crippen LogP contribution in [0.1, 0.15) is 38.1 Å². The number of ether oxygens (including phenoxy) is 2. The van der Waals surface area contributed by atoms with Crippen LogP contribution in [0.4, 0.5) is 0 Å². The van der Waals surface area contributed by atoms with Gasteiger partial charge in [-0.3, -0.25) is 0 Å². The molecule has 130 valence electrons. The summed E-state index contributed by atoms with van der Waals surface area (Å²) in [5, 5.41) is 0.763. The maximum atomic E-state index is 6.37. The van der Waals surface area contributed by atoms with Crippen LogP contribution in [0.5, 0.6) is 0 Å². The van der Waals surface area contributed by atoms with E-state index < -0.39 is 5.79 Å². The molecule has 1 aliphatic rings. The zero-order valence-corrected chi connectivity index (χ0v) is 15.1. The zero-order valence-electron chi connectivity index (χ0n) is 14.3. The van der Waals surface area contributed by atoms with Gasteiger partial charge in [-0.25, -0.2) is 4.98 Å². The van der Waals surface area contributed by atoms with Crippen molar-refractivity contribution in [2.75, 3.05) is 6.61 Å². The van der Waals surface area contributed by atoms with Gasteiger partial charge in [0.25, 0.3) is 0 Å². The van der Waals surface area contributed by atoms with E-state index in [-0.39, 0.29) is 6.10 Å². The summed E-state index contributed by atoms with van der Waals surface area (Å²) in [6, 6.07) is 7.97. The number of nitrogens with one attached hydrogen (secondary N) is 1. The fourth-order valence-corrected chi connectivity index (χ4v) is 3.46. The van der Waals surface area contributed by atoms with Crippen LogP contribution in [-0.4, -0.2) is 28.5 Å². The van der Waals surface area contributed by atoms with Crippen molar-refractivity contribution in [3.05, 3.63) is 53.1 Å². The first-order valence-corrected chi connectivity index (χ1v) is 8.97. The van der Waals surface area contributed by atoms with Crippen LogP contribution in [0.2, 0.25) is 5.02 Å². The van der Waals surface area contributed by atoms with Gasteiger partial charge < -0.3 is 14.5 Å². The van der Waals surface area contributed by atoms with Gasteiger partial charge in [-0.15, -0.1) is 0 Å². The Morgan fingerprint density at radius 1 is 1.42 bits per heavy atom. The standard InChI is InChI=1S/C19H25ClN2O2/c1-14(2)10-17-13-23-19(24-17,12-18-21-8-9-22-18)7-6-15-4-3-5-16(20)11-15/h3-5,8-9,11,14,17H,6-7,10,12-13H2,1-2H3,(H,21,22). The fourth-order valence-electron chi connectivity index (χ4n) is 3.25. The van der Waals surface area contributed by atoms with E-state index in [1.807, 2.05) is 24.4 Å². The van der Waals surface area contributed by atoms with Crippen LogP contribution in [-0.2, 0) is 22.3 Å². The van der Waals surface area contributed by atoms with Crippen molar-refractivity contribution in [2.45, 2.75) is 51.4 Å². The summed E-state index contributed by atoms with van der Waals surface area (Å²) in [5.41, 5.74) is 1.20. The van der Waals surface area contributed by atoms with Crippen molar-refractivity contribution in [1.29, 1.82) is 0 Å². The van der Waals surface area contributed by atoms with Crippen LogP contribution >= 0.6 is 11.6 Å². The molecule has 1 saturated heterocycles. The highest BCUT2D eigenvalue weighted by Crippen LogP contribution is 2.34. The Balaban J connectivity index is 1.70. The van der Waals surface area contributed by atoms with Crippen molar-refractivity contribution in [1.82, 2.24) is 9.97 Å². The quantitative estimate of drug-likeness (QED) is 0.806. The van der Waals surface area contributed by atoms with Gasteiger partial charge in [-0.05, 0) is 36.5 Å². The maximum Gasteiger partial charge on any atom is 0.176 e. The number of aromatic amines is 1. The minimum atomic E-state index is -0.611. The van der Waals surface area contributed by atoms with Crippen molar-refractivity contribution >= 4 is 11.6 Å². The molecule has 4 nitrogen and oxygen atoms in total. The summed E-state index contributed by atoms with van der Waals surface area (Å²) in [6.45, 7) is 5.07. The fraction of sp³-hybridized carbons (Fsp3) is 0.526. The molecule has 2 unspecified atom stereocenters. The summed E-state index contributed by atoms with van der Waals surface area (Å²) in [6.07, 6.45) is 7.03. The number of hydrogen-bond donors (Lipinski definition) is 1. The largest absolute Gasteiger partial charge is 0.348 e. The first kappa shape index (κ1) is 17.5. The molecule has 0 bridgehead atoms. The second kappa shape index (κ2) is 7.68. The van der Waals surface area contributed by atoms with Crippen molar-refractivity contribution in [3.8, 4) is 0 Å². The SMILES string of the molecule is CC(C)CC1COC(CCc2cccc(Cl)c2)(Cc2ncc[nH]2)O1. The molecule has 1 aromatic heterocycles. The molecule has 1 aromatic carbocycles. The van der Waals surface area contributed by atoms with Gasteiger partial charge in [0, 0.05) is 23.8 Å². The molecule has 1 fully saturated rings. The third kappa shape index (κ3) is 4.59. The lowest BCUT2D eigenvalue weighted by molar-refractivity contribution is -0.173. The molecule has 0 saturated carbocycles. The number of hydrogen-bond acceptors (Lipinski definition) is 3. The maximum absolute atomic E-state index is 6.37. The highest BCUT2D eigenvalue weighted by molar-refractivity contribution is 6.30. The molecule has 0 aliphatic carbocycles. The summed E-state index contributed by atoms with van der Waals surface area (Å²) in [4.78, 5) is 7.50. The number of H-pyrrole nitrogens is 1. The van der Waals surface area contributed by atoms with Gasteiger partial charge >= 0.3 is 0 Å². The Bertz CT molecular complexity index is 645. The number of imidazole rings is 1. The van der Waals surface area contributed by atoms with Crippen molar-refractivity contribution < 1.29 is 9.47 Å². The molecule has 1 aliphatic heterocycles. The third-order valence-corrected chi connectivity index (χ3v) is 4.56. The minimum absolute atomic E-state index is 0.152. The molecule has 2 atom stereocenters. The predicted molar refractivity (Wildman–Crippen MR) is 95.1 cm³/mol. The second-order valence-electron chi connectivity index (χ2n) is 6.93. The average Bonchev–Trinajstić information content (AvgIpc) is 3.16. The molecule has 3 rings (SSSR count). The molecule has 2 heterocycles. The van der Waals surface area contributed by atoms with Crippen molar-refractivity contribution in [3.63, 3.8) is 0 Å². The molecule has 24 heavy (non-hydrogen) atoms. The van der Waals surface area contributed by atoms with Crippen LogP contribution in [0.15, 0.2) is 36.7 Å². The topological polar surface area (TPSA) is 47.1 Å². The molecule has 1 N–H and O–H groups in total. The van der Waals surface area contributed by atoms with Gasteiger partial charge in [0.05, 0.1) is 19.1 Å². The zero-order chi connectivity index (χ0) is 17.0. The Kier molecular flexibility index (Phi) is 5.59. The smallest absolute Gasteiger partial charge is 0.176 e. The summed E-state index contributed by atoms with van der Waals surface area (Å²) >= 11 is 6.09. The monoisotopic (exact) mass is 348 g/mol. The summed E-state index contributed by atoms with van der Waals surface area (Å²) in [7, 11) is 0. The van der Waals surface area contributed by atoms with Gasteiger partial charge in [-0.1, -0.05) is 37.6 Å². The number of aromatic nitrogens is 2. The van der Waals surface area contributed by atoms with Crippen LogP contribution in [0.3, 0.4) is 0 Å². The number of rotatable bonds is 7. The lowest BCUT2D eigenvalue weighted by Crippen LogP contribution is -2.35. The first-order valence-electron chi connectivity index (χ1n) is 8.59. The van der Waals surface area contributed by atoms with Gasteiger partial charge in [0.1, 0.15) is 5.82 Å². The number of halogens is 1. The van der Waals surface area contributed by atoms with Crippen LogP contribution in [0.25, 0.3) is 0 Å². The Morgan fingerprint density at radius 2 is 2.29 bits per heavy atom. The van der Waals surface area contributed by atoms with Crippen LogP contribution < -0.4 is 0 Å². The molecular formula is C19H25ClN2O2. The van der Waals surface area contributed by atoms with Crippen LogP contribution in [0, 0.1) is 5.92 Å². The number of aryl methyl sites for hydroxylation is 1. The molecule has 0 spiro atoms. The van der Waals surface area contributed by atoms with Gasteiger partial charge in [-0.2, -0.15) is 0 Å². The van der Waals surface area contributed by atoms with E-state index in [1.54, 1.807) is 6.20 Å². The van der Waals surface area contributed by atoms with Gasteiger partial charge in [0.15, 0.2) is 5.79 Å². The lowest BCUT2D eigenvalue weighted by Gasteiger charge is -2.28. The number of nitrogens with zero attached hydrogens (tertiary/aromatic N) is 1. The Hall–Kier alpha value is -1.36. The van der Waals surface area contributed by atoms with E-state index in [0.29, 0.717) is 18.9 Å². The Labute approximate surface area is 148 Å². The third-order valence-electron chi connectivity index (χ3n) is 4.32.